The smallest absolute Gasteiger partial charge is 0.408 e. The lowest BCUT2D eigenvalue weighted by Gasteiger charge is -2.25. The Morgan fingerprint density at radius 1 is 1.02 bits per heavy atom. The molecule has 3 N–H and O–H groups in total. The van der Waals surface area contributed by atoms with E-state index in [0.717, 1.165) is 4.57 Å². The van der Waals surface area contributed by atoms with Crippen molar-refractivity contribution in [1.29, 1.82) is 0 Å². The molecule has 0 spiro atoms. The SMILES string of the molecule is CCC(Nc1cc(F)c(C(=O)NC(Cc2ccc(-c3c(C)n(C)c(=O)n(C)c3=O)c3c2OCCO3)C(=O)O)c(F)c1)C(F)(F)F. The van der Waals surface area contributed by atoms with Gasteiger partial charge >= 0.3 is 17.8 Å². The number of nitrogens with one attached hydrogen (secondary N) is 2. The second kappa shape index (κ2) is 12.6. The van der Waals surface area contributed by atoms with Crippen LogP contribution in [0.2, 0.25) is 0 Å². The Hall–Kier alpha value is -4.89. The molecular formula is C29H29F5N4O7. The maximum Gasteiger partial charge on any atom is 0.408 e. The lowest BCUT2D eigenvalue weighted by Crippen LogP contribution is -2.43. The van der Waals surface area contributed by atoms with Crippen LogP contribution in [0.25, 0.3) is 11.1 Å². The number of halogens is 5. The molecule has 1 aliphatic rings. The highest BCUT2D eigenvalue weighted by atomic mass is 19.4. The van der Waals surface area contributed by atoms with Crippen molar-refractivity contribution < 1.29 is 46.1 Å². The van der Waals surface area contributed by atoms with E-state index in [9.17, 15) is 46.2 Å². The number of benzene rings is 2. The van der Waals surface area contributed by atoms with Gasteiger partial charge in [-0.3, -0.25) is 14.2 Å². The molecular weight excluding hydrogens is 611 g/mol. The van der Waals surface area contributed by atoms with Gasteiger partial charge < -0.3 is 29.8 Å². The summed E-state index contributed by atoms with van der Waals surface area (Å²) in [6, 6.07) is 0.0600. The van der Waals surface area contributed by atoms with Crippen LogP contribution in [0, 0.1) is 18.6 Å². The molecule has 0 aliphatic carbocycles. The normalized spacial score (nSPS) is 14.1. The molecule has 2 heterocycles. The Kier molecular flexibility index (Phi) is 9.25. The van der Waals surface area contributed by atoms with Gasteiger partial charge in [0.2, 0.25) is 0 Å². The number of nitrogens with zero attached hydrogens (tertiary/aromatic N) is 2. The van der Waals surface area contributed by atoms with Gasteiger partial charge in [0.25, 0.3) is 11.5 Å². The molecule has 1 aliphatic heterocycles. The molecule has 45 heavy (non-hydrogen) atoms. The van der Waals surface area contributed by atoms with Crippen molar-refractivity contribution >= 4 is 17.6 Å². The zero-order chi connectivity index (χ0) is 33.4. The third-order valence-electron chi connectivity index (χ3n) is 7.44. The molecule has 2 aromatic carbocycles. The van der Waals surface area contributed by atoms with Gasteiger partial charge in [-0.15, -0.1) is 0 Å². The molecule has 2 unspecified atom stereocenters. The fraction of sp³-hybridized carbons (Fsp3) is 0.379. The van der Waals surface area contributed by atoms with Gasteiger partial charge in [-0.1, -0.05) is 13.0 Å². The number of carbonyl (C=O) groups excluding carboxylic acids is 1. The summed E-state index contributed by atoms with van der Waals surface area (Å²) in [4.78, 5) is 50.4. The summed E-state index contributed by atoms with van der Waals surface area (Å²) in [5, 5.41) is 13.9. The summed E-state index contributed by atoms with van der Waals surface area (Å²) < 4.78 is 82.6. The van der Waals surface area contributed by atoms with Crippen LogP contribution < -0.4 is 31.4 Å². The number of aliphatic carboxylic acids is 1. The summed E-state index contributed by atoms with van der Waals surface area (Å²) in [6.07, 6.45) is -5.59. The third-order valence-corrected chi connectivity index (χ3v) is 7.44. The number of rotatable bonds is 9. The van der Waals surface area contributed by atoms with Crippen molar-refractivity contribution in [3.63, 3.8) is 0 Å². The minimum absolute atomic E-state index is 0.0574. The number of anilines is 1. The van der Waals surface area contributed by atoms with Crippen LogP contribution in [0.1, 0.15) is 35.0 Å². The first kappa shape index (κ1) is 33.0. The lowest BCUT2D eigenvalue weighted by molar-refractivity contribution is -0.143. The Morgan fingerprint density at radius 2 is 1.62 bits per heavy atom. The zero-order valence-electron chi connectivity index (χ0n) is 24.5. The molecule has 0 fully saturated rings. The Balaban J connectivity index is 1.66. The van der Waals surface area contributed by atoms with Gasteiger partial charge in [-0.05, 0) is 31.5 Å². The maximum absolute atomic E-state index is 14.8. The second-order valence-corrected chi connectivity index (χ2v) is 10.3. The summed E-state index contributed by atoms with van der Waals surface area (Å²) in [5.74, 6) is -5.89. The molecule has 11 nitrogen and oxygen atoms in total. The fourth-order valence-corrected chi connectivity index (χ4v) is 4.95. The first-order chi connectivity index (χ1) is 21.1. The van der Waals surface area contributed by atoms with Gasteiger partial charge in [0, 0.05) is 43.0 Å². The van der Waals surface area contributed by atoms with Crippen LogP contribution >= 0.6 is 0 Å². The Morgan fingerprint density at radius 3 is 2.18 bits per heavy atom. The minimum atomic E-state index is -4.70. The molecule has 0 bridgehead atoms. The van der Waals surface area contributed by atoms with E-state index >= 15 is 0 Å². The van der Waals surface area contributed by atoms with Crippen LogP contribution in [-0.2, 0) is 25.3 Å². The molecule has 0 radical (unpaired) electrons. The van der Waals surface area contributed by atoms with Crippen molar-refractivity contribution in [2.75, 3.05) is 18.5 Å². The van der Waals surface area contributed by atoms with E-state index in [1.807, 2.05) is 10.6 Å². The monoisotopic (exact) mass is 640 g/mol. The van der Waals surface area contributed by atoms with Gasteiger partial charge in [0.05, 0.1) is 5.56 Å². The molecule has 3 aromatic rings. The number of fused-ring (bicyclic) bond motifs is 1. The summed E-state index contributed by atoms with van der Waals surface area (Å²) in [5.41, 5.74) is -1.96. The quantitative estimate of drug-likeness (QED) is 0.303. The standard InChI is InChI=1S/C29H29F5N4O7/c1-5-20(29(32,33)34)35-15-11-17(30)22(18(31)12-15)25(39)36-19(27(41)42)10-14-6-7-16(24-23(14)44-8-9-45-24)21-13(2)37(3)28(43)38(4)26(21)40/h6-7,11-12,19-20,35H,5,8-10H2,1-4H3,(H,36,39)(H,41,42). The van der Waals surface area contributed by atoms with Crippen molar-refractivity contribution in [2.24, 2.45) is 14.1 Å². The van der Waals surface area contributed by atoms with Crippen LogP contribution in [0.5, 0.6) is 11.5 Å². The first-order valence-electron chi connectivity index (χ1n) is 13.6. The van der Waals surface area contributed by atoms with E-state index in [1.54, 1.807) is 6.92 Å². The molecule has 1 amide bonds. The number of hydrogen-bond acceptors (Lipinski definition) is 7. The predicted molar refractivity (Wildman–Crippen MR) is 151 cm³/mol. The van der Waals surface area contributed by atoms with E-state index in [2.05, 4.69) is 0 Å². The number of alkyl halides is 3. The number of carboxylic acids is 1. The number of amides is 1. The molecule has 0 saturated heterocycles. The van der Waals surface area contributed by atoms with E-state index in [1.165, 1.54) is 37.7 Å². The lowest BCUT2D eigenvalue weighted by atomic mass is 9.97. The molecule has 16 heteroatoms. The Labute approximate surface area is 252 Å². The van der Waals surface area contributed by atoms with E-state index in [4.69, 9.17) is 9.47 Å². The summed E-state index contributed by atoms with van der Waals surface area (Å²) >= 11 is 0. The number of carboxylic acid groups (broad SMARTS) is 1. The van der Waals surface area contributed by atoms with Crippen LogP contribution in [0.4, 0.5) is 27.6 Å². The summed E-state index contributed by atoms with van der Waals surface area (Å²) in [6.45, 7) is 2.93. The molecule has 4 rings (SSSR count). The van der Waals surface area contributed by atoms with E-state index in [-0.39, 0.29) is 41.4 Å². The maximum atomic E-state index is 14.8. The highest BCUT2D eigenvalue weighted by Crippen LogP contribution is 2.42. The van der Waals surface area contributed by atoms with Gasteiger partial charge in [-0.2, -0.15) is 13.2 Å². The molecule has 1 aromatic heterocycles. The van der Waals surface area contributed by atoms with Crippen LogP contribution in [-0.4, -0.2) is 57.6 Å². The first-order valence-corrected chi connectivity index (χ1v) is 13.6. The van der Waals surface area contributed by atoms with Gasteiger partial charge in [-0.25, -0.2) is 18.4 Å². The predicted octanol–water partition coefficient (Wildman–Crippen LogP) is 3.29. The molecule has 2 atom stereocenters. The minimum Gasteiger partial charge on any atom is -0.486 e. The highest BCUT2D eigenvalue weighted by molar-refractivity contribution is 5.97. The summed E-state index contributed by atoms with van der Waals surface area (Å²) in [7, 11) is 2.80. The third kappa shape index (κ3) is 6.49. The molecule has 0 saturated carbocycles. The van der Waals surface area contributed by atoms with Crippen molar-refractivity contribution in [3.05, 3.63) is 73.6 Å². The average Bonchev–Trinajstić information content (AvgIpc) is 2.97. The number of aromatic nitrogens is 2. The largest absolute Gasteiger partial charge is 0.486 e. The zero-order valence-corrected chi connectivity index (χ0v) is 24.5. The molecule has 242 valence electrons. The van der Waals surface area contributed by atoms with Crippen LogP contribution in [0.3, 0.4) is 0 Å². The Bertz CT molecular complexity index is 1760. The van der Waals surface area contributed by atoms with E-state index < -0.39 is 77.1 Å². The highest BCUT2D eigenvalue weighted by Gasteiger charge is 2.38. The van der Waals surface area contributed by atoms with Crippen LogP contribution in [0.15, 0.2) is 33.9 Å². The van der Waals surface area contributed by atoms with Gasteiger partial charge in [0.15, 0.2) is 11.5 Å². The number of hydrogen-bond donors (Lipinski definition) is 3. The number of carbonyl (C=O) groups is 2. The van der Waals surface area contributed by atoms with E-state index in [0.29, 0.717) is 17.8 Å². The topological polar surface area (TPSA) is 141 Å². The number of ether oxygens (including phenoxy) is 2. The second-order valence-electron chi connectivity index (χ2n) is 10.3. The van der Waals surface area contributed by atoms with Crippen molar-refractivity contribution in [3.8, 4) is 22.6 Å². The average molecular weight is 641 g/mol. The van der Waals surface area contributed by atoms with Crippen molar-refractivity contribution in [2.45, 2.75) is 44.9 Å². The van der Waals surface area contributed by atoms with Crippen molar-refractivity contribution in [1.82, 2.24) is 14.5 Å². The fourth-order valence-electron chi connectivity index (χ4n) is 4.95. The van der Waals surface area contributed by atoms with Gasteiger partial charge in [0.1, 0.15) is 42.5 Å².